The van der Waals surface area contributed by atoms with Crippen molar-refractivity contribution in [2.45, 2.75) is 6.92 Å². The number of nitro benzene ring substituents is 1. The van der Waals surface area contributed by atoms with E-state index in [1.54, 1.807) is 25.3 Å². The Bertz CT molecular complexity index is 688. The molecule has 0 aliphatic carbocycles. The van der Waals surface area contributed by atoms with E-state index in [0.717, 1.165) is 0 Å². The lowest BCUT2D eigenvalue weighted by Crippen LogP contribution is -2.15. The number of nitrogens with one attached hydrogen (secondary N) is 1. The number of carbonyl (C=O) groups is 1. The summed E-state index contributed by atoms with van der Waals surface area (Å²) in [6.45, 7) is 1.54. The van der Waals surface area contributed by atoms with Crippen LogP contribution < -0.4 is 5.32 Å². The van der Waals surface area contributed by atoms with Crippen molar-refractivity contribution in [2.75, 3.05) is 5.32 Å². The van der Waals surface area contributed by atoms with E-state index in [9.17, 15) is 14.9 Å². The highest BCUT2D eigenvalue weighted by Gasteiger charge is 2.18. The molecule has 0 unspecified atom stereocenters. The predicted octanol–water partition coefficient (Wildman–Crippen LogP) is 3.31. The molecule has 0 saturated heterocycles. The van der Waals surface area contributed by atoms with Gasteiger partial charge in [0.05, 0.1) is 9.40 Å². The number of amides is 1. The summed E-state index contributed by atoms with van der Waals surface area (Å²) in [6.07, 6.45) is 1.54. The molecule has 102 valence electrons. The largest absolute Gasteiger partial charge is 0.306 e. The fraction of sp³-hybridized carbons (Fsp3) is 0.0769. The van der Waals surface area contributed by atoms with Crippen molar-refractivity contribution in [3.05, 3.63) is 62.2 Å². The van der Waals surface area contributed by atoms with Gasteiger partial charge in [-0.15, -0.1) is 0 Å². The zero-order valence-corrected chi connectivity index (χ0v) is 12.0. The second kappa shape index (κ2) is 5.79. The molecule has 0 bridgehead atoms. The minimum absolute atomic E-state index is 0.0854. The van der Waals surface area contributed by atoms with Crippen LogP contribution in [-0.2, 0) is 0 Å². The second-order valence-corrected chi connectivity index (χ2v) is 4.85. The van der Waals surface area contributed by atoms with E-state index in [1.807, 2.05) is 0 Å². The Hall–Kier alpha value is -2.28. The lowest BCUT2D eigenvalue weighted by molar-refractivity contribution is -0.385. The fourth-order valence-corrected chi connectivity index (χ4v) is 2.07. The summed E-state index contributed by atoms with van der Waals surface area (Å²) in [5, 5.41) is 13.5. The summed E-state index contributed by atoms with van der Waals surface area (Å²) < 4.78 is 0.636. The number of carbonyl (C=O) groups excluding carboxylic acids is 1. The Morgan fingerprint density at radius 3 is 2.75 bits per heavy atom. The summed E-state index contributed by atoms with van der Waals surface area (Å²) in [5.41, 5.74) is 0.483. The van der Waals surface area contributed by atoms with Crippen molar-refractivity contribution in [1.82, 2.24) is 4.98 Å². The molecule has 0 saturated carbocycles. The molecule has 0 atom stereocenters. The van der Waals surface area contributed by atoms with Gasteiger partial charge in [0.2, 0.25) is 0 Å². The standard InChI is InChI=1S/C13H10BrN3O3/c1-8-9(4-2-6-11(8)17(19)20)13(18)16-12-10(14)5-3-7-15-12/h2-7H,1H3,(H,15,16,18). The predicted molar refractivity (Wildman–Crippen MR) is 77.7 cm³/mol. The molecule has 1 heterocycles. The van der Waals surface area contributed by atoms with Crippen LogP contribution in [0.3, 0.4) is 0 Å². The second-order valence-electron chi connectivity index (χ2n) is 3.99. The number of benzene rings is 1. The van der Waals surface area contributed by atoms with Gasteiger partial charge < -0.3 is 5.32 Å². The van der Waals surface area contributed by atoms with E-state index in [4.69, 9.17) is 0 Å². The summed E-state index contributed by atoms with van der Waals surface area (Å²) in [5.74, 6) is -0.0750. The molecule has 1 aromatic carbocycles. The van der Waals surface area contributed by atoms with E-state index < -0.39 is 10.8 Å². The van der Waals surface area contributed by atoms with E-state index in [2.05, 4.69) is 26.2 Å². The molecule has 6 nitrogen and oxygen atoms in total. The lowest BCUT2D eigenvalue weighted by atomic mass is 10.1. The maximum Gasteiger partial charge on any atom is 0.273 e. The number of aromatic nitrogens is 1. The van der Waals surface area contributed by atoms with E-state index in [-0.39, 0.29) is 11.3 Å². The van der Waals surface area contributed by atoms with Gasteiger partial charge in [-0.1, -0.05) is 6.07 Å². The van der Waals surface area contributed by atoms with Crippen molar-refractivity contribution in [3.63, 3.8) is 0 Å². The molecule has 0 radical (unpaired) electrons. The molecule has 0 spiro atoms. The van der Waals surface area contributed by atoms with Gasteiger partial charge in [0.25, 0.3) is 11.6 Å². The number of nitrogens with zero attached hydrogens (tertiary/aromatic N) is 2. The molecule has 2 rings (SSSR count). The van der Waals surface area contributed by atoms with Gasteiger partial charge in [0.15, 0.2) is 0 Å². The average Bonchev–Trinajstić information content (AvgIpc) is 2.41. The molecule has 0 aliphatic heterocycles. The monoisotopic (exact) mass is 335 g/mol. The maximum absolute atomic E-state index is 12.2. The zero-order valence-electron chi connectivity index (χ0n) is 10.5. The van der Waals surface area contributed by atoms with Crippen LogP contribution in [-0.4, -0.2) is 15.8 Å². The van der Waals surface area contributed by atoms with Gasteiger partial charge in [0, 0.05) is 23.4 Å². The molecule has 0 aliphatic rings. The molecule has 1 amide bonds. The van der Waals surface area contributed by atoms with Crippen molar-refractivity contribution in [2.24, 2.45) is 0 Å². The smallest absolute Gasteiger partial charge is 0.273 e. The first-order valence-electron chi connectivity index (χ1n) is 5.66. The van der Waals surface area contributed by atoms with E-state index in [1.165, 1.54) is 18.2 Å². The molecule has 0 fully saturated rings. The summed E-state index contributed by atoms with van der Waals surface area (Å²) in [4.78, 5) is 26.5. The molecule has 1 N–H and O–H groups in total. The highest BCUT2D eigenvalue weighted by atomic mass is 79.9. The Kier molecular flexibility index (Phi) is 4.09. The van der Waals surface area contributed by atoms with Crippen LogP contribution in [0.15, 0.2) is 41.0 Å². The van der Waals surface area contributed by atoms with Gasteiger partial charge in [-0.05, 0) is 41.1 Å². The van der Waals surface area contributed by atoms with Crippen LogP contribution in [0.5, 0.6) is 0 Å². The van der Waals surface area contributed by atoms with Gasteiger partial charge in [-0.3, -0.25) is 14.9 Å². The van der Waals surface area contributed by atoms with Crippen LogP contribution in [0.4, 0.5) is 11.5 Å². The Labute approximate surface area is 123 Å². The molecular formula is C13H10BrN3O3. The number of hydrogen-bond acceptors (Lipinski definition) is 4. The van der Waals surface area contributed by atoms with Crippen molar-refractivity contribution >= 4 is 33.3 Å². The first kappa shape index (κ1) is 14.1. The SMILES string of the molecule is Cc1c(C(=O)Nc2ncccc2Br)cccc1[N+](=O)[O-]. The average molecular weight is 336 g/mol. The number of nitro groups is 1. The number of hydrogen-bond donors (Lipinski definition) is 1. The normalized spacial score (nSPS) is 10.1. The first-order chi connectivity index (χ1) is 9.50. The van der Waals surface area contributed by atoms with Crippen LogP contribution >= 0.6 is 15.9 Å². The molecular weight excluding hydrogens is 326 g/mol. The molecule has 2 aromatic rings. The maximum atomic E-state index is 12.2. The highest BCUT2D eigenvalue weighted by Crippen LogP contribution is 2.23. The van der Waals surface area contributed by atoms with Gasteiger partial charge in [0.1, 0.15) is 5.82 Å². The van der Waals surface area contributed by atoms with Crippen LogP contribution in [0.2, 0.25) is 0 Å². The summed E-state index contributed by atoms with van der Waals surface area (Å²) in [7, 11) is 0. The molecule has 20 heavy (non-hydrogen) atoms. The zero-order chi connectivity index (χ0) is 14.7. The number of anilines is 1. The fourth-order valence-electron chi connectivity index (χ4n) is 1.72. The van der Waals surface area contributed by atoms with Crippen molar-refractivity contribution < 1.29 is 9.72 Å². The number of halogens is 1. The minimum atomic E-state index is -0.511. The summed E-state index contributed by atoms with van der Waals surface area (Å²) >= 11 is 3.27. The quantitative estimate of drug-likeness (QED) is 0.688. The number of rotatable bonds is 3. The Balaban J connectivity index is 2.33. The van der Waals surface area contributed by atoms with Gasteiger partial charge in [-0.25, -0.2) is 4.98 Å². The third-order valence-electron chi connectivity index (χ3n) is 2.74. The minimum Gasteiger partial charge on any atom is -0.306 e. The molecule has 1 aromatic heterocycles. The summed E-state index contributed by atoms with van der Waals surface area (Å²) in [6, 6.07) is 7.84. The third kappa shape index (κ3) is 2.83. The topological polar surface area (TPSA) is 85.1 Å². The van der Waals surface area contributed by atoms with Gasteiger partial charge in [-0.2, -0.15) is 0 Å². The van der Waals surface area contributed by atoms with Crippen LogP contribution in [0, 0.1) is 17.0 Å². The Morgan fingerprint density at radius 1 is 1.35 bits per heavy atom. The molecule has 7 heteroatoms. The van der Waals surface area contributed by atoms with Crippen LogP contribution in [0.1, 0.15) is 15.9 Å². The van der Waals surface area contributed by atoms with Crippen LogP contribution in [0.25, 0.3) is 0 Å². The van der Waals surface area contributed by atoms with E-state index in [0.29, 0.717) is 15.9 Å². The third-order valence-corrected chi connectivity index (χ3v) is 3.38. The number of pyridine rings is 1. The van der Waals surface area contributed by atoms with Gasteiger partial charge >= 0.3 is 0 Å². The van der Waals surface area contributed by atoms with E-state index >= 15 is 0 Å². The Morgan fingerprint density at radius 2 is 2.10 bits per heavy atom. The highest BCUT2D eigenvalue weighted by molar-refractivity contribution is 9.10. The first-order valence-corrected chi connectivity index (χ1v) is 6.46. The lowest BCUT2D eigenvalue weighted by Gasteiger charge is -2.08. The van der Waals surface area contributed by atoms with Crippen molar-refractivity contribution in [1.29, 1.82) is 0 Å². The van der Waals surface area contributed by atoms with Crippen molar-refractivity contribution in [3.8, 4) is 0 Å².